The molecular weight excluding hydrogens is 372 g/mol. The maximum atomic E-state index is 12.2. The van der Waals surface area contributed by atoms with Crippen molar-refractivity contribution >= 4 is 46.6 Å². The molecule has 0 unspecified atom stereocenters. The van der Waals surface area contributed by atoms with Crippen molar-refractivity contribution in [3.05, 3.63) is 47.3 Å². The van der Waals surface area contributed by atoms with Crippen LogP contribution in [0.25, 0.3) is 0 Å². The fraction of sp³-hybridized carbons (Fsp3) is 0.278. The number of amides is 2. The number of carboxylic acids is 1. The largest absolute Gasteiger partial charge is 0.480 e. The highest BCUT2D eigenvalue weighted by Gasteiger charge is 2.23. The Morgan fingerprint density at radius 3 is 2.38 bits per heavy atom. The van der Waals surface area contributed by atoms with Crippen LogP contribution < -0.4 is 10.6 Å². The number of benzene rings is 1. The number of hydrogen-bond acceptors (Lipinski definition) is 5. The summed E-state index contributed by atoms with van der Waals surface area (Å²) in [4.78, 5) is 35.3. The molecular formula is C18H20N2O4S2. The molecule has 0 aliphatic carbocycles. The van der Waals surface area contributed by atoms with Gasteiger partial charge in [0.25, 0.3) is 5.91 Å². The quantitative estimate of drug-likeness (QED) is 0.599. The van der Waals surface area contributed by atoms with Gasteiger partial charge < -0.3 is 15.7 Å². The number of aliphatic carboxylic acids is 1. The minimum Gasteiger partial charge on any atom is -0.480 e. The molecule has 26 heavy (non-hydrogen) atoms. The summed E-state index contributed by atoms with van der Waals surface area (Å²) in [7, 11) is 0. The molecule has 1 heterocycles. The molecule has 2 amide bonds. The van der Waals surface area contributed by atoms with E-state index >= 15 is 0 Å². The van der Waals surface area contributed by atoms with E-state index in [9.17, 15) is 14.4 Å². The third-order valence-corrected chi connectivity index (χ3v) is 5.62. The minimum atomic E-state index is -1.07. The van der Waals surface area contributed by atoms with E-state index in [2.05, 4.69) is 10.6 Å². The predicted octanol–water partition coefficient (Wildman–Crippen LogP) is 3.32. The van der Waals surface area contributed by atoms with Gasteiger partial charge in [0.1, 0.15) is 6.04 Å². The monoisotopic (exact) mass is 392 g/mol. The number of nitrogens with one attached hydrogen (secondary N) is 2. The van der Waals surface area contributed by atoms with Crippen LogP contribution in [-0.4, -0.2) is 34.7 Å². The highest BCUT2D eigenvalue weighted by atomic mass is 32.2. The van der Waals surface area contributed by atoms with Gasteiger partial charge in [0.05, 0.1) is 9.96 Å². The van der Waals surface area contributed by atoms with E-state index in [1.54, 1.807) is 49.4 Å². The Morgan fingerprint density at radius 2 is 1.85 bits per heavy atom. The van der Waals surface area contributed by atoms with E-state index in [-0.39, 0.29) is 11.8 Å². The smallest absolute Gasteiger partial charge is 0.326 e. The molecule has 3 N–H and O–H groups in total. The molecule has 0 fully saturated rings. The lowest BCUT2D eigenvalue weighted by Gasteiger charge is -2.18. The Morgan fingerprint density at radius 1 is 1.15 bits per heavy atom. The summed E-state index contributed by atoms with van der Waals surface area (Å²) in [6.07, 6.45) is 0. The molecule has 8 heteroatoms. The molecule has 0 aliphatic rings. The van der Waals surface area contributed by atoms with Gasteiger partial charge >= 0.3 is 5.97 Å². The molecule has 2 aromatic rings. The second-order valence-corrected chi connectivity index (χ2v) is 8.10. The van der Waals surface area contributed by atoms with Crippen LogP contribution in [0.4, 0.5) is 5.69 Å². The Kier molecular flexibility index (Phi) is 7.23. The second-order valence-electron chi connectivity index (χ2n) is 5.88. The van der Waals surface area contributed by atoms with Gasteiger partial charge in [-0.3, -0.25) is 9.59 Å². The Balaban J connectivity index is 1.89. The average molecular weight is 393 g/mol. The number of hydrogen-bond donors (Lipinski definition) is 3. The Bertz CT molecular complexity index is 758. The van der Waals surface area contributed by atoms with Crippen molar-refractivity contribution in [2.45, 2.75) is 24.1 Å². The molecule has 0 radical (unpaired) electrons. The van der Waals surface area contributed by atoms with Gasteiger partial charge in [0.2, 0.25) is 5.91 Å². The van der Waals surface area contributed by atoms with Crippen molar-refractivity contribution in [1.29, 1.82) is 0 Å². The number of carboxylic acid groups (broad SMARTS) is 1. The third kappa shape index (κ3) is 5.89. The molecule has 0 saturated carbocycles. The van der Waals surface area contributed by atoms with E-state index in [1.165, 1.54) is 11.8 Å². The molecule has 6 nitrogen and oxygen atoms in total. The van der Waals surface area contributed by atoms with Gasteiger partial charge in [-0.05, 0) is 41.6 Å². The molecule has 1 aromatic heterocycles. The first-order chi connectivity index (χ1) is 12.4. The third-order valence-electron chi connectivity index (χ3n) is 3.49. The summed E-state index contributed by atoms with van der Waals surface area (Å²) in [5.74, 6) is -1.59. The molecule has 0 bridgehead atoms. The summed E-state index contributed by atoms with van der Waals surface area (Å²) >= 11 is 3.04. The molecule has 0 saturated heterocycles. The summed E-state index contributed by atoms with van der Waals surface area (Å²) < 4.78 is 1.07. The van der Waals surface area contributed by atoms with Crippen LogP contribution in [0.2, 0.25) is 0 Å². The van der Waals surface area contributed by atoms with Gasteiger partial charge in [0.15, 0.2) is 0 Å². The fourth-order valence-corrected chi connectivity index (χ4v) is 3.71. The molecule has 0 aliphatic heterocycles. The van der Waals surface area contributed by atoms with Crippen molar-refractivity contribution in [3.8, 4) is 0 Å². The van der Waals surface area contributed by atoms with Crippen LogP contribution >= 0.6 is 23.1 Å². The Labute approximate surface area is 160 Å². The van der Waals surface area contributed by atoms with E-state index in [0.29, 0.717) is 17.0 Å². The molecule has 138 valence electrons. The summed E-state index contributed by atoms with van der Waals surface area (Å²) in [6, 6.07) is 9.28. The lowest BCUT2D eigenvalue weighted by Crippen LogP contribution is -2.44. The van der Waals surface area contributed by atoms with Crippen molar-refractivity contribution in [2.75, 3.05) is 11.1 Å². The first-order valence-corrected chi connectivity index (χ1v) is 9.83. The predicted molar refractivity (Wildman–Crippen MR) is 104 cm³/mol. The van der Waals surface area contributed by atoms with Crippen LogP contribution in [0.15, 0.2) is 46.0 Å². The molecule has 1 aromatic carbocycles. The number of carbonyl (C=O) groups excluding carboxylic acids is 2. The van der Waals surface area contributed by atoms with Crippen molar-refractivity contribution in [1.82, 2.24) is 5.32 Å². The number of carbonyl (C=O) groups is 3. The lowest BCUT2D eigenvalue weighted by atomic mass is 10.0. The average Bonchev–Trinajstić information content (AvgIpc) is 3.11. The molecule has 1 atom stereocenters. The first-order valence-electron chi connectivity index (χ1n) is 7.96. The van der Waals surface area contributed by atoms with Crippen molar-refractivity contribution < 1.29 is 19.5 Å². The maximum Gasteiger partial charge on any atom is 0.326 e. The normalized spacial score (nSPS) is 11.8. The van der Waals surface area contributed by atoms with Gasteiger partial charge in [0, 0.05) is 11.3 Å². The zero-order valence-electron chi connectivity index (χ0n) is 14.4. The van der Waals surface area contributed by atoms with Gasteiger partial charge in [-0.2, -0.15) is 0 Å². The van der Waals surface area contributed by atoms with Crippen molar-refractivity contribution in [2.24, 2.45) is 5.92 Å². The maximum absolute atomic E-state index is 12.2. The zero-order chi connectivity index (χ0) is 19.1. The van der Waals surface area contributed by atoms with E-state index in [1.807, 2.05) is 17.5 Å². The van der Waals surface area contributed by atoms with Crippen molar-refractivity contribution in [3.63, 3.8) is 0 Å². The first kappa shape index (κ1) is 20.0. The highest BCUT2D eigenvalue weighted by Crippen LogP contribution is 2.23. The van der Waals surface area contributed by atoms with Crippen LogP contribution in [0.1, 0.15) is 24.2 Å². The van der Waals surface area contributed by atoms with Crippen LogP contribution in [-0.2, 0) is 9.59 Å². The van der Waals surface area contributed by atoms with Crippen LogP contribution in [0, 0.1) is 5.92 Å². The minimum absolute atomic E-state index is 0.133. The second kappa shape index (κ2) is 9.40. The summed E-state index contributed by atoms with van der Waals surface area (Å²) in [5.41, 5.74) is 0.917. The van der Waals surface area contributed by atoms with Crippen LogP contribution in [0.5, 0.6) is 0 Å². The summed E-state index contributed by atoms with van der Waals surface area (Å²) in [6.45, 7) is 3.46. The van der Waals surface area contributed by atoms with Gasteiger partial charge in [-0.15, -0.1) is 23.1 Å². The molecule has 2 rings (SSSR count). The zero-order valence-corrected chi connectivity index (χ0v) is 16.0. The number of rotatable bonds is 8. The molecule has 0 spiro atoms. The number of thioether (sulfide) groups is 1. The van der Waals surface area contributed by atoms with Gasteiger partial charge in [-0.25, -0.2) is 4.79 Å². The van der Waals surface area contributed by atoms with E-state index in [0.717, 1.165) is 4.21 Å². The standard InChI is InChI=1S/C18H20N2O4S2/c1-11(2)16(18(23)24)20-17(22)12-5-7-13(8-6-12)19-14(21)10-26-15-4-3-9-25-15/h3-9,11,16H,10H2,1-2H3,(H,19,21)(H,20,22)(H,23,24)/t16-/m1/s1. The van der Waals surface area contributed by atoms with E-state index in [4.69, 9.17) is 5.11 Å². The van der Waals surface area contributed by atoms with Crippen LogP contribution in [0.3, 0.4) is 0 Å². The van der Waals surface area contributed by atoms with Gasteiger partial charge in [-0.1, -0.05) is 19.9 Å². The SMILES string of the molecule is CC(C)[C@@H](NC(=O)c1ccc(NC(=O)CSc2cccs2)cc1)C(=O)O. The Hall–Kier alpha value is -2.32. The number of thiophene rings is 1. The number of anilines is 1. The fourth-order valence-electron chi connectivity index (χ4n) is 2.12. The lowest BCUT2D eigenvalue weighted by molar-refractivity contribution is -0.140. The topological polar surface area (TPSA) is 95.5 Å². The van der Waals surface area contributed by atoms with E-state index < -0.39 is 17.9 Å². The highest BCUT2D eigenvalue weighted by molar-refractivity contribution is 8.01. The summed E-state index contributed by atoms with van der Waals surface area (Å²) in [5, 5.41) is 16.4.